The van der Waals surface area contributed by atoms with Gasteiger partial charge >= 0.3 is 0 Å². The predicted octanol–water partition coefficient (Wildman–Crippen LogP) is 2.28. The molecular formula is C12H10N4O2. The molecule has 0 aliphatic carbocycles. The van der Waals surface area contributed by atoms with E-state index in [1.165, 1.54) is 0 Å². The second-order valence-electron chi connectivity index (χ2n) is 3.80. The Morgan fingerprint density at radius 3 is 2.89 bits per heavy atom. The minimum absolute atomic E-state index is 0.277. The number of nitrogens with two attached hydrogens (primary N) is 1. The molecule has 3 heterocycles. The number of nitrogen functional groups attached to an aromatic ring is 1. The van der Waals surface area contributed by atoms with Crippen LogP contribution in [0, 0.1) is 6.92 Å². The first-order chi connectivity index (χ1) is 8.75. The summed E-state index contributed by atoms with van der Waals surface area (Å²) in [5, 5.41) is 3.86. The number of aromatic nitrogens is 3. The lowest BCUT2D eigenvalue weighted by Crippen LogP contribution is -1.92. The van der Waals surface area contributed by atoms with Gasteiger partial charge in [0.15, 0.2) is 11.5 Å². The number of furan rings is 1. The van der Waals surface area contributed by atoms with Crippen LogP contribution in [-0.4, -0.2) is 15.1 Å². The first kappa shape index (κ1) is 10.5. The van der Waals surface area contributed by atoms with Gasteiger partial charge in [-0.05, 0) is 30.7 Å². The number of anilines is 1. The van der Waals surface area contributed by atoms with Gasteiger partial charge in [-0.25, -0.2) is 4.98 Å². The molecule has 90 valence electrons. The molecule has 2 N–H and O–H groups in total. The third-order valence-electron chi connectivity index (χ3n) is 2.53. The summed E-state index contributed by atoms with van der Waals surface area (Å²) >= 11 is 0. The number of pyridine rings is 1. The molecule has 3 rings (SSSR count). The molecule has 0 aliphatic rings. The van der Waals surface area contributed by atoms with E-state index in [0.717, 1.165) is 5.56 Å². The summed E-state index contributed by atoms with van der Waals surface area (Å²) in [4.78, 5) is 8.34. The van der Waals surface area contributed by atoms with Crippen LogP contribution in [-0.2, 0) is 0 Å². The molecule has 0 radical (unpaired) electrons. The van der Waals surface area contributed by atoms with E-state index in [-0.39, 0.29) is 5.89 Å². The van der Waals surface area contributed by atoms with Crippen LogP contribution in [0.2, 0.25) is 0 Å². The number of nitrogens with zero attached hydrogens (tertiary/aromatic N) is 3. The Bertz CT molecular complexity index is 687. The Morgan fingerprint density at radius 1 is 1.28 bits per heavy atom. The standard InChI is InChI=1S/C12H10N4O2/c1-7-4-6-17-10(7)11-15-12(18-16-11)9-8(13)3-2-5-14-9/h2-6H,13H2,1H3. The first-order valence-corrected chi connectivity index (χ1v) is 5.35. The predicted molar refractivity (Wildman–Crippen MR) is 64.4 cm³/mol. The number of aryl methyl sites for hydroxylation is 1. The summed E-state index contributed by atoms with van der Waals surface area (Å²) in [6.07, 6.45) is 3.20. The van der Waals surface area contributed by atoms with Gasteiger partial charge in [-0.1, -0.05) is 5.16 Å². The Balaban J connectivity index is 2.05. The van der Waals surface area contributed by atoms with E-state index < -0.39 is 0 Å². The summed E-state index contributed by atoms with van der Waals surface area (Å²) in [5.41, 5.74) is 7.70. The molecule has 0 amide bonds. The van der Waals surface area contributed by atoms with Gasteiger partial charge in [-0.3, -0.25) is 0 Å². The molecule has 18 heavy (non-hydrogen) atoms. The fourth-order valence-corrected chi connectivity index (χ4v) is 1.61. The smallest absolute Gasteiger partial charge is 0.279 e. The maximum Gasteiger partial charge on any atom is 0.279 e. The van der Waals surface area contributed by atoms with E-state index >= 15 is 0 Å². The lowest BCUT2D eigenvalue weighted by atomic mass is 10.2. The van der Waals surface area contributed by atoms with Crippen molar-refractivity contribution in [2.24, 2.45) is 0 Å². The molecule has 0 bridgehead atoms. The molecule has 0 saturated heterocycles. The normalized spacial score (nSPS) is 10.7. The highest BCUT2D eigenvalue weighted by molar-refractivity contribution is 5.66. The van der Waals surface area contributed by atoms with Gasteiger partial charge in [0.05, 0.1) is 12.0 Å². The molecular weight excluding hydrogens is 232 g/mol. The number of hydrogen-bond acceptors (Lipinski definition) is 6. The molecule has 6 heteroatoms. The van der Waals surface area contributed by atoms with Gasteiger partial charge in [0.2, 0.25) is 5.82 Å². The van der Waals surface area contributed by atoms with Gasteiger partial charge in [0, 0.05) is 6.20 Å². The van der Waals surface area contributed by atoms with Crippen LogP contribution in [0.25, 0.3) is 23.2 Å². The average Bonchev–Trinajstić information content (AvgIpc) is 2.98. The van der Waals surface area contributed by atoms with Gasteiger partial charge in [0.25, 0.3) is 5.89 Å². The van der Waals surface area contributed by atoms with Crippen LogP contribution in [0.4, 0.5) is 5.69 Å². The SMILES string of the molecule is Cc1ccoc1-c1noc(-c2ncccc2N)n1. The van der Waals surface area contributed by atoms with Crippen LogP contribution >= 0.6 is 0 Å². The zero-order chi connectivity index (χ0) is 12.5. The Morgan fingerprint density at radius 2 is 2.17 bits per heavy atom. The summed E-state index contributed by atoms with van der Waals surface area (Å²) in [5.74, 6) is 1.25. The lowest BCUT2D eigenvalue weighted by Gasteiger charge is -1.96. The molecule has 0 aromatic carbocycles. The highest BCUT2D eigenvalue weighted by Gasteiger charge is 2.16. The molecule has 0 spiro atoms. The zero-order valence-corrected chi connectivity index (χ0v) is 9.62. The maximum absolute atomic E-state index is 5.80. The molecule has 6 nitrogen and oxygen atoms in total. The van der Waals surface area contributed by atoms with Crippen molar-refractivity contribution >= 4 is 5.69 Å². The first-order valence-electron chi connectivity index (χ1n) is 5.35. The maximum atomic E-state index is 5.80. The minimum atomic E-state index is 0.277. The zero-order valence-electron chi connectivity index (χ0n) is 9.62. The topological polar surface area (TPSA) is 91.0 Å². The third kappa shape index (κ3) is 1.64. The van der Waals surface area contributed by atoms with Crippen molar-refractivity contribution in [1.82, 2.24) is 15.1 Å². The highest BCUT2D eigenvalue weighted by atomic mass is 16.5. The second kappa shape index (κ2) is 3.99. The quantitative estimate of drug-likeness (QED) is 0.741. The molecule has 0 unspecified atom stereocenters. The second-order valence-corrected chi connectivity index (χ2v) is 3.80. The largest absolute Gasteiger partial charge is 0.461 e. The van der Waals surface area contributed by atoms with Crippen molar-refractivity contribution in [3.8, 4) is 23.2 Å². The molecule has 3 aromatic rings. The monoisotopic (exact) mass is 242 g/mol. The van der Waals surface area contributed by atoms with E-state index in [1.54, 1.807) is 24.6 Å². The van der Waals surface area contributed by atoms with Crippen molar-refractivity contribution in [3.05, 3.63) is 36.2 Å². The number of rotatable bonds is 2. The van der Waals surface area contributed by atoms with Crippen LogP contribution in [0.1, 0.15) is 5.56 Å². The van der Waals surface area contributed by atoms with Crippen LogP contribution < -0.4 is 5.73 Å². The Kier molecular flexibility index (Phi) is 2.33. The fraction of sp³-hybridized carbons (Fsp3) is 0.0833. The molecule has 3 aromatic heterocycles. The average molecular weight is 242 g/mol. The third-order valence-corrected chi connectivity index (χ3v) is 2.53. The highest BCUT2D eigenvalue weighted by Crippen LogP contribution is 2.26. The van der Waals surface area contributed by atoms with Crippen molar-refractivity contribution in [2.45, 2.75) is 6.92 Å². The van der Waals surface area contributed by atoms with Crippen molar-refractivity contribution < 1.29 is 8.94 Å². The van der Waals surface area contributed by atoms with Crippen LogP contribution in [0.15, 0.2) is 39.6 Å². The van der Waals surface area contributed by atoms with E-state index in [4.69, 9.17) is 14.7 Å². The van der Waals surface area contributed by atoms with E-state index in [2.05, 4.69) is 15.1 Å². The van der Waals surface area contributed by atoms with Crippen molar-refractivity contribution in [2.75, 3.05) is 5.73 Å². The molecule has 0 atom stereocenters. The summed E-state index contributed by atoms with van der Waals surface area (Å²) < 4.78 is 10.4. The van der Waals surface area contributed by atoms with E-state index in [9.17, 15) is 0 Å². The molecule has 0 aliphatic heterocycles. The van der Waals surface area contributed by atoms with Crippen molar-refractivity contribution in [3.63, 3.8) is 0 Å². The van der Waals surface area contributed by atoms with Gasteiger partial charge in [0.1, 0.15) is 0 Å². The van der Waals surface area contributed by atoms with E-state index in [0.29, 0.717) is 23.0 Å². The van der Waals surface area contributed by atoms with Crippen LogP contribution in [0.3, 0.4) is 0 Å². The Labute approximate surface area is 102 Å². The Hall–Kier alpha value is -2.63. The van der Waals surface area contributed by atoms with Crippen molar-refractivity contribution in [1.29, 1.82) is 0 Å². The lowest BCUT2D eigenvalue weighted by molar-refractivity contribution is 0.428. The summed E-state index contributed by atoms with van der Waals surface area (Å²) in [6.45, 7) is 1.91. The van der Waals surface area contributed by atoms with Gasteiger partial charge in [-0.15, -0.1) is 0 Å². The molecule has 0 saturated carbocycles. The summed E-state index contributed by atoms with van der Waals surface area (Å²) in [7, 11) is 0. The summed E-state index contributed by atoms with van der Waals surface area (Å²) in [6, 6.07) is 5.30. The molecule has 0 fully saturated rings. The van der Waals surface area contributed by atoms with Crippen LogP contribution in [0.5, 0.6) is 0 Å². The van der Waals surface area contributed by atoms with Gasteiger partial charge < -0.3 is 14.7 Å². The number of hydrogen-bond donors (Lipinski definition) is 1. The van der Waals surface area contributed by atoms with E-state index in [1.807, 2.05) is 13.0 Å². The van der Waals surface area contributed by atoms with Gasteiger partial charge in [-0.2, -0.15) is 4.98 Å². The minimum Gasteiger partial charge on any atom is -0.461 e. The fourth-order valence-electron chi connectivity index (χ4n) is 1.61.